The van der Waals surface area contributed by atoms with Crippen LogP contribution in [-0.4, -0.2) is 15.8 Å². The van der Waals surface area contributed by atoms with Crippen LogP contribution in [0.4, 0.5) is 0 Å². The molecule has 1 aliphatic carbocycles. The second-order valence-corrected chi connectivity index (χ2v) is 4.73. The Morgan fingerprint density at radius 1 is 1.11 bits per heavy atom. The van der Waals surface area contributed by atoms with E-state index in [1.54, 1.807) is 12.4 Å². The van der Waals surface area contributed by atoms with Crippen LogP contribution >= 0.6 is 0 Å². The molecule has 3 rings (SSSR count). The molecule has 2 heterocycles. The van der Waals surface area contributed by atoms with Crippen LogP contribution < -0.4 is 0 Å². The van der Waals surface area contributed by atoms with Crippen molar-refractivity contribution in [2.24, 2.45) is 0 Å². The number of rotatable bonds is 1. The number of nitrogens with zero attached hydrogens (tertiary/aromatic N) is 2. The van der Waals surface area contributed by atoms with Crippen LogP contribution in [0.1, 0.15) is 39.6 Å². The molecule has 0 saturated heterocycles. The summed E-state index contributed by atoms with van der Waals surface area (Å²) in [6.45, 7) is 1.97. The molecular formula is C15H14N2O. The van der Waals surface area contributed by atoms with Crippen LogP contribution in [0.25, 0.3) is 0 Å². The summed E-state index contributed by atoms with van der Waals surface area (Å²) in [6, 6.07) is 7.74. The van der Waals surface area contributed by atoms with E-state index in [2.05, 4.69) is 9.97 Å². The Labute approximate surface area is 106 Å². The summed E-state index contributed by atoms with van der Waals surface area (Å²) in [5.41, 5.74) is 3.76. The lowest BCUT2D eigenvalue weighted by atomic mass is 9.82. The molecule has 0 spiro atoms. The largest absolute Gasteiger partial charge is 0.294 e. The molecule has 0 N–H and O–H groups in total. The number of Topliss-reactive ketones (excluding diaryl/α,β-unsaturated/α-hetero) is 1. The summed E-state index contributed by atoms with van der Waals surface area (Å²) >= 11 is 0. The van der Waals surface area contributed by atoms with Gasteiger partial charge in [0.1, 0.15) is 0 Å². The first-order valence-corrected chi connectivity index (χ1v) is 6.14. The zero-order valence-electron chi connectivity index (χ0n) is 10.3. The van der Waals surface area contributed by atoms with Gasteiger partial charge in [-0.2, -0.15) is 0 Å². The summed E-state index contributed by atoms with van der Waals surface area (Å²) in [5.74, 6) is 0.359. The Morgan fingerprint density at radius 2 is 2.00 bits per heavy atom. The zero-order valence-corrected chi connectivity index (χ0v) is 10.3. The average Bonchev–Trinajstić information content (AvgIpc) is 2.39. The fourth-order valence-electron chi connectivity index (χ4n) is 2.61. The summed E-state index contributed by atoms with van der Waals surface area (Å²) in [6.07, 6.45) is 4.90. The van der Waals surface area contributed by atoms with E-state index >= 15 is 0 Å². The third kappa shape index (κ3) is 1.82. The van der Waals surface area contributed by atoms with Gasteiger partial charge in [0.2, 0.25) is 0 Å². The zero-order chi connectivity index (χ0) is 12.5. The van der Waals surface area contributed by atoms with Crippen molar-refractivity contribution < 1.29 is 4.79 Å². The number of ketones is 1. The number of fused-ring (bicyclic) bond motifs is 1. The highest BCUT2D eigenvalue weighted by molar-refractivity contribution is 5.99. The molecule has 0 bridgehead atoms. The Morgan fingerprint density at radius 3 is 2.78 bits per heavy atom. The Kier molecular flexibility index (Phi) is 2.67. The average molecular weight is 238 g/mol. The van der Waals surface area contributed by atoms with Crippen LogP contribution in [0.2, 0.25) is 0 Å². The van der Waals surface area contributed by atoms with Gasteiger partial charge >= 0.3 is 0 Å². The van der Waals surface area contributed by atoms with Gasteiger partial charge in [-0.05, 0) is 37.1 Å². The van der Waals surface area contributed by atoms with E-state index in [1.165, 1.54) is 0 Å². The predicted octanol–water partition coefficient (Wildman–Crippen LogP) is 2.70. The molecule has 2 aromatic heterocycles. The van der Waals surface area contributed by atoms with E-state index < -0.39 is 0 Å². The van der Waals surface area contributed by atoms with Gasteiger partial charge < -0.3 is 0 Å². The monoisotopic (exact) mass is 238 g/mol. The maximum absolute atomic E-state index is 12.2. The number of carbonyl (C=O) groups is 1. The first-order valence-electron chi connectivity index (χ1n) is 6.14. The van der Waals surface area contributed by atoms with Crippen molar-refractivity contribution in [3.8, 4) is 0 Å². The van der Waals surface area contributed by atoms with Gasteiger partial charge in [0, 0.05) is 36.0 Å². The lowest BCUT2D eigenvalue weighted by molar-refractivity contribution is 0.0962. The van der Waals surface area contributed by atoms with Gasteiger partial charge in [0.15, 0.2) is 5.78 Å². The molecule has 3 nitrogen and oxygen atoms in total. The molecule has 0 unspecified atom stereocenters. The molecule has 90 valence electrons. The quantitative estimate of drug-likeness (QED) is 0.767. The lowest BCUT2D eigenvalue weighted by Crippen LogP contribution is -2.21. The number of hydrogen-bond acceptors (Lipinski definition) is 3. The van der Waals surface area contributed by atoms with Gasteiger partial charge in [0.25, 0.3) is 0 Å². The number of aryl methyl sites for hydroxylation is 1. The fraction of sp³-hybridized carbons (Fsp3) is 0.267. The smallest absolute Gasteiger partial charge is 0.165 e. The Hall–Kier alpha value is -2.03. The topological polar surface area (TPSA) is 42.9 Å². The summed E-state index contributed by atoms with van der Waals surface area (Å²) in [5, 5.41) is 0. The van der Waals surface area contributed by atoms with Crippen molar-refractivity contribution in [1.29, 1.82) is 0 Å². The van der Waals surface area contributed by atoms with E-state index in [9.17, 15) is 4.79 Å². The number of carbonyl (C=O) groups excluding carboxylic acids is 1. The molecule has 0 radical (unpaired) electrons. The van der Waals surface area contributed by atoms with Crippen LogP contribution in [0.5, 0.6) is 0 Å². The van der Waals surface area contributed by atoms with Crippen LogP contribution in [0.3, 0.4) is 0 Å². The third-order valence-electron chi connectivity index (χ3n) is 3.49. The summed E-state index contributed by atoms with van der Waals surface area (Å²) in [7, 11) is 0. The molecule has 0 aromatic carbocycles. The molecule has 0 fully saturated rings. The van der Waals surface area contributed by atoms with E-state index in [0.29, 0.717) is 6.42 Å². The van der Waals surface area contributed by atoms with E-state index in [4.69, 9.17) is 0 Å². The highest BCUT2D eigenvalue weighted by Gasteiger charge is 2.28. The molecule has 0 amide bonds. The molecule has 2 aromatic rings. The van der Waals surface area contributed by atoms with Crippen molar-refractivity contribution in [2.75, 3.05) is 0 Å². The molecule has 0 saturated carbocycles. The SMILES string of the molecule is Cc1ccnc2c1C(=O)C[C@H](c1ccccn1)C2. The lowest BCUT2D eigenvalue weighted by Gasteiger charge is -2.23. The minimum absolute atomic E-state index is 0.167. The number of hydrogen-bond donors (Lipinski definition) is 0. The van der Waals surface area contributed by atoms with Crippen molar-refractivity contribution in [2.45, 2.75) is 25.7 Å². The molecule has 3 heteroatoms. The van der Waals surface area contributed by atoms with Gasteiger partial charge in [-0.15, -0.1) is 0 Å². The van der Waals surface area contributed by atoms with Crippen molar-refractivity contribution in [3.63, 3.8) is 0 Å². The fourth-order valence-corrected chi connectivity index (χ4v) is 2.61. The number of pyridine rings is 2. The molecule has 0 aliphatic heterocycles. The summed E-state index contributed by atoms with van der Waals surface area (Å²) in [4.78, 5) is 20.9. The minimum atomic E-state index is 0.167. The standard InChI is InChI=1S/C15H14N2O/c1-10-5-7-17-13-8-11(9-14(18)15(10)13)12-4-2-3-6-16-12/h2-7,11H,8-9H2,1H3/t11-/m1/s1. The van der Waals surface area contributed by atoms with Crippen molar-refractivity contribution in [1.82, 2.24) is 9.97 Å². The van der Waals surface area contributed by atoms with Crippen LogP contribution in [0.15, 0.2) is 36.7 Å². The normalized spacial score (nSPS) is 18.5. The predicted molar refractivity (Wildman–Crippen MR) is 68.6 cm³/mol. The van der Waals surface area contributed by atoms with E-state index in [0.717, 1.165) is 28.9 Å². The molecular weight excluding hydrogens is 224 g/mol. The maximum Gasteiger partial charge on any atom is 0.165 e. The molecule has 1 aliphatic rings. The third-order valence-corrected chi connectivity index (χ3v) is 3.49. The van der Waals surface area contributed by atoms with Crippen LogP contribution in [-0.2, 0) is 6.42 Å². The van der Waals surface area contributed by atoms with Crippen molar-refractivity contribution >= 4 is 5.78 Å². The highest BCUT2D eigenvalue weighted by atomic mass is 16.1. The first-order chi connectivity index (χ1) is 8.75. The first kappa shape index (κ1) is 11.1. The van der Waals surface area contributed by atoms with Gasteiger partial charge in [-0.25, -0.2) is 0 Å². The van der Waals surface area contributed by atoms with E-state index in [1.807, 2.05) is 31.2 Å². The Bertz CT molecular complexity index is 593. The number of aromatic nitrogens is 2. The minimum Gasteiger partial charge on any atom is -0.294 e. The second-order valence-electron chi connectivity index (χ2n) is 4.73. The van der Waals surface area contributed by atoms with Crippen LogP contribution in [0, 0.1) is 6.92 Å². The second kappa shape index (κ2) is 4.33. The van der Waals surface area contributed by atoms with Gasteiger partial charge in [-0.3, -0.25) is 14.8 Å². The van der Waals surface area contributed by atoms with E-state index in [-0.39, 0.29) is 11.7 Å². The van der Waals surface area contributed by atoms with Gasteiger partial charge in [-0.1, -0.05) is 6.07 Å². The van der Waals surface area contributed by atoms with Gasteiger partial charge in [0.05, 0.1) is 5.69 Å². The van der Waals surface area contributed by atoms with Crippen molar-refractivity contribution in [3.05, 3.63) is 59.2 Å². The summed E-state index contributed by atoms with van der Waals surface area (Å²) < 4.78 is 0. The maximum atomic E-state index is 12.2. The molecule has 18 heavy (non-hydrogen) atoms. The molecule has 1 atom stereocenters. The highest BCUT2D eigenvalue weighted by Crippen LogP contribution is 2.31. The Balaban J connectivity index is 2.00.